The van der Waals surface area contributed by atoms with Gasteiger partial charge < -0.3 is 4.74 Å². The van der Waals surface area contributed by atoms with E-state index in [1.165, 1.54) is 28.7 Å². The van der Waals surface area contributed by atoms with E-state index in [0.717, 1.165) is 0 Å². The molecule has 0 aliphatic heterocycles. The summed E-state index contributed by atoms with van der Waals surface area (Å²) in [5.74, 6) is -1.24. The number of alkyl halides is 3. The molecule has 0 N–H and O–H groups in total. The van der Waals surface area contributed by atoms with E-state index < -0.39 is 17.6 Å². The lowest BCUT2D eigenvalue weighted by atomic mass is 10.2. The van der Waals surface area contributed by atoms with Crippen molar-refractivity contribution in [1.82, 2.24) is 0 Å². The van der Waals surface area contributed by atoms with Crippen LogP contribution < -0.4 is 4.74 Å². The predicted octanol–water partition coefficient (Wildman–Crippen LogP) is 4.24. The maximum absolute atomic E-state index is 13.2. The lowest BCUT2D eigenvalue weighted by Crippen LogP contribution is -2.12. The summed E-state index contributed by atoms with van der Waals surface area (Å²) in [6.45, 7) is 3.37. The van der Waals surface area contributed by atoms with E-state index in [4.69, 9.17) is 4.74 Å². The van der Waals surface area contributed by atoms with Gasteiger partial charge in [0.25, 0.3) is 0 Å². The fourth-order valence-electron chi connectivity index (χ4n) is 1.11. The van der Waals surface area contributed by atoms with Crippen molar-refractivity contribution < 1.29 is 22.3 Å². The van der Waals surface area contributed by atoms with Crippen LogP contribution in [0.2, 0.25) is 0 Å². The molecule has 16 heavy (non-hydrogen) atoms. The van der Waals surface area contributed by atoms with E-state index in [-0.39, 0.29) is 15.4 Å². The second kappa shape index (κ2) is 4.77. The van der Waals surface area contributed by atoms with Gasteiger partial charge in [-0.25, -0.2) is 4.39 Å². The fraction of sp³-hybridized carbons (Fsp3) is 0.400. The van der Waals surface area contributed by atoms with E-state index >= 15 is 0 Å². The van der Waals surface area contributed by atoms with Crippen LogP contribution >= 0.6 is 22.6 Å². The Morgan fingerprint density at radius 1 is 1.25 bits per heavy atom. The number of benzene rings is 1. The maximum Gasteiger partial charge on any atom is 0.419 e. The minimum Gasteiger partial charge on any atom is -0.491 e. The molecular formula is C10H9F4IO. The smallest absolute Gasteiger partial charge is 0.419 e. The highest BCUT2D eigenvalue weighted by Crippen LogP contribution is 2.35. The number of hydrogen-bond acceptors (Lipinski definition) is 1. The molecule has 90 valence electrons. The first-order valence-electron chi connectivity index (χ1n) is 4.44. The third-order valence-electron chi connectivity index (χ3n) is 1.68. The summed E-state index contributed by atoms with van der Waals surface area (Å²) in [5.41, 5.74) is -1.30. The van der Waals surface area contributed by atoms with Gasteiger partial charge >= 0.3 is 6.18 Å². The topological polar surface area (TPSA) is 9.23 Å². The largest absolute Gasteiger partial charge is 0.491 e. The predicted molar refractivity (Wildman–Crippen MR) is 59.9 cm³/mol. The average molecular weight is 348 g/mol. The standard InChI is InChI=1S/C10H9F4IO/c1-5(2)16-6-3-7(10(12,13)14)9(11)8(15)4-6/h3-5H,1-2H3. The highest BCUT2D eigenvalue weighted by atomic mass is 127. The third kappa shape index (κ3) is 3.23. The normalized spacial score (nSPS) is 12.0. The van der Waals surface area contributed by atoms with Crippen LogP contribution in [-0.4, -0.2) is 6.10 Å². The summed E-state index contributed by atoms with van der Waals surface area (Å²) < 4.78 is 55.6. The number of halogens is 5. The van der Waals surface area contributed by atoms with Crippen molar-refractivity contribution >= 4 is 22.6 Å². The molecular weight excluding hydrogens is 339 g/mol. The quantitative estimate of drug-likeness (QED) is 0.574. The summed E-state index contributed by atoms with van der Waals surface area (Å²) >= 11 is 1.51. The molecule has 0 aliphatic carbocycles. The molecule has 0 unspecified atom stereocenters. The van der Waals surface area contributed by atoms with Gasteiger partial charge in [0.2, 0.25) is 0 Å². The molecule has 0 heterocycles. The zero-order chi connectivity index (χ0) is 12.5. The Morgan fingerprint density at radius 3 is 2.25 bits per heavy atom. The van der Waals surface area contributed by atoms with Gasteiger partial charge in [-0.3, -0.25) is 0 Å². The van der Waals surface area contributed by atoms with Crippen molar-refractivity contribution in [1.29, 1.82) is 0 Å². The van der Waals surface area contributed by atoms with Crippen LogP contribution in [0.1, 0.15) is 19.4 Å². The molecule has 0 aromatic heterocycles. The lowest BCUT2D eigenvalue weighted by Gasteiger charge is -2.14. The molecule has 0 amide bonds. The summed E-state index contributed by atoms with van der Waals surface area (Å²) in [5, 5.41) is 0. The van der Waals surface area contributed by atoms with Crippen LogP contribution in [0.5, 0.6) is 5.75 Å². The van der Waals surface area contributed by atoms with E-state index in [9.17, 15) is 17.6 Å². The minimum atomic E-state index is -4.71. The van der Waals surface area contributed by atoms with Gasteiger partial charge in [0.05, 0.1) is 15.2 Å². The lowest BCUT2D eigenvalue weighted by molar-refractivity contribution is -0.140. The minimum absolute atomic E-state index is 0.0214. The van der Waals surface area contributed by atoms with Crippen molar-refractivity contribution in [2.45, 2.75) is 26.1 Å². The van der Waals surface area contributed by atoms with Gasteiger partial charge in [-0.1, -0.05) is 0 Å². The number of hydrogen-bond donors (Lipinski definition) is 0. The van der Waals surface area contributed by atoms with Crippen LogP contribution in [-0.2, 0) is 6.18 Å². The Hall–Kier alpha value is -0.530. The molecule has 1 rings (SSSR count). The third-order valence-corrected chi connectivity index (χ3v) is 2.46. The van der Waals surface area contributed by atoms with E-state index in [1.54, 1.807) is 13.8 Å². The van der Waals surface area contributed by atoms with Crippen molar-refractivity contribution in [3.63, 3.8) is 0 Å². The van der Waals surface area contributed by atoms with Gasteiger partial charge in [-0.05, 0) is 48.6 Å². The Bertz CT molecular complexity index is 387. The molecule has 6 heteroatoms. The average Bonchev–Trinajstić information content (AvgIpc) is 2.08. The van der Waals surface area contributed by atoms with Crippen LogP contribution in [0.4, 0.5) is 17.6 Å². The number of ether oxygens (including phenoxy) is 1. The SMILES string of the molecule is CC(C)Oc1cc(I)c(F)c(C(F)(F)F)c1. The van der Waals surface area contributed by atoms with Crippen LogP contribution in [0.25, 0.3) is 0 Å². The first-order chi connectivity index (χ1) is 7.21. The first kappa shape index (κ1) is 13.5. The Labute approximate surface area is 104 Å². The van der Waals surface area contributed by atoms with E-state index in [2.05, 4.69) is 0 Å². The maximum atomic E-state index is 13.2. The van der Waals surface area contributed by atoms with Gasteiger partial charge in [-0.15, -0.1) is 0 Å². The Balaban J connectivity index is 3.23. The molecule has 0 atom stereocenters. The zero-order valence-electron chi connectivity index (χ0n) is 8.53. The second-order valence-corrected chi connectivity index (χ2v) is 4.59. The molecule has 1 aromatic carbocycles. The summed E-state index contributed by atoms with van der Waals surface area (Å²) in [6.07, 6.45) is -4.97. The zero-order valence-corrected chi connectivity index (χ0v) is 10.7. The molecule has 0 spiro atoms. The molecule has 0 fully saturated rings. The van der Waals surface area contributed by atoms with Crippen molar-refractivity contribution in [3.8, 4) is 5.75 Å². The Morgan fingerprint density at radius 2 is 1.81 bits per heavy atom. The van der Waals surface area contributed by atoms with Crippen LogP contribution in [0, 0.1) is 9.39 Å². The summed E-state index contributed by atoms with van der Waals surface area (Å²) in [6, 6.07) is 1.92. The molecule has 1 nitrogen and oxygen atoms in total. The first-order valence-corrected chi connectivity index (χ1v) is 5.52. The van der Waals surface area contributed by atoms with Crippen molar-refractivity contribution in [2.24, 2.45) is 0 Å². The van der Waals surface area contributed by atoms with E-state index in [0.29, 0.717) is 6.07 Å². The second-order valence-electron chi connectivity index (χ2n) is 3.43. The monoisotopic (exact) mass is 348 g/mol. The highest BCUT2D eigenvalue weighted by molar-refractivity contribution is 14.1. The van der Waals surface area contributed by atoms with Crippen LogP contribution in [0.15, 0.2) is 12.1 Å². The summed E-state index contributed by atoms with van der Waals surface area (Å²) in [7, 11) is 0. The van der Waals surface area contributed by atoms with Gasteiger partial charge in [0.15, 0.2) is 0 Å². The summed E-state index contributed by atoms with van der Waals surface area (Å²) in [4.78, 5) is 0. The van der Waals surface area contributed by atoms with Crippen molar-refractivity contribution in [3.05, 3.63) is 27.1 Å². The molecule has 0 saturated carbocycles. The van der Waals surface area contributed by atoms with Gasteiger partial charge in [-0.2, -0.15) is 13.2 Å². The van der Waals surface area contributed by atoms with Gasteiger partial charge in [0.1, 0.15) is 11.6 Å². The molecule has 0 radical (unpaired) electrons. The number of rotatable bonds is 2. The van der Waals surface area contributed by atoms with E-state index in [1.807, 2.05) is 0 Å². The van der Waals surface area contributed by atoms with Gasteiger partial charge in [0, 0.05) is 0 Å². The highest BCUT2D eigenvalue weighted by Gasteiger charge is 2.35. The molecule has 0 bridgehead atoms. The Kier molecular flexibility index (Phi) is 4.03. The molecule has 0 saturated heterocycles. The molecule has 0 aliphatic rings. The fourth-order valence-corrected chi connectivity index (χ4v) is 1.71. The van der Waals surface area contributed by atoms with Crippen molar-refractivity contribution in [2.75, 3.05) is 0 Å². The van der Waals surface area contributed by atoms with Crippen LogP contribution in [0.3, 0.4) is 0 Å². The molecule has 1 aromatic rings.